The molecule has 23 heavy (non-hydrogen) atoms. The Kier molecular flexibility index (Phi) is 5.41. The largest absolute Gasteiger partial charge is 0.483 e. The second kappa shape index (κ2) is 7.49. The highest BCUT2D eigenvalue weighted by atomic mass is 16.5. The van der Waals surface area contributed by atoms with Gasteiger partial charge in [0.1, 0.15) is 22.8 Å². The molecule has 1 aromatic carbocycles. The lowest BCUT2D eigenvalue weighted by atomic mass is 10.1. The van der Waals surface area contributed by atoms with Crippen molar-refractivity contribution < 1.29 is 23.8 Å². The van der Waals surface area contributed by atoms with Crippen molar-refractivity contribution >= 4 is 11.9 Å². The number of furan rings is 1. The van der Waals surface area contributed by atoms with Crippen LogP contribution in [0.1, 0.15) is 34.4 Å². The van der Waals surface area contributed by atoms with Crippen molar-refractivity contribution in [2.45, 2.75) is 26.8 Å². The summed E-state index contributed by atoms with van der Waals surface area (Å²) in [4.78, 5) is 22.7. The van der Waals surface area contributed by atoms with E-state index < -0.39 is 5.97 Å². The van der Waals surface area contributed by atoms with Gasteiger partial charge in [-0.2, -0.15) is 0 Å². The number of amides is 1. The molecular formula is C17H19NO5. The Balaban J connectivity index is 1.86. The minimum Gasteiger partial charge on any atom is -0.483 e. The van der Waals surface area contributed by atoms with Gasteiger partial charge in [-0.1, -0.05) is 25.1 Å². The van der Waals surface area contributed by atoms with Gasteiger partial charge < -0.3 is 19.6 Å². The Bertz CT molecular complexity index is 705. The molecule has 0 radical (unpaired) electrons. The number of rotatable bonds is 7. The molecule has 1 aromatic heterocycles. The van der Waals surface area contributed by atoms with E-state index in [1.54, 1.807) is 6.92 Å². The van der Waals surface area contributed by atoms with Crippen LogP contribution >= 0.6 is 0 Å². The smallest absolute Gasteiger partial charge is 0.339 e. The molecule has 0 bridgehead atoms. The van der Waals surface area contributed by atoms with Crippen molar-refractivity contribution in [3.8, 4) is 5.75 Å². The van der Waals surface area contributed by atoms with Crippen LogP contribution in [0.25, 0.3) is 0 Å². The number of nitrogens with one attached hydrogen (secondary N) is 1. The maximum absolute atomic E-state index is 11.8. The molecule has 0 spiro atoms. The van der Waals surface area contributed by atoms with E-state index in [4.69, 9.17) is 14.3 Å². The number of carbonyl (C=O) groups is 2. The summed E-state index contributed by atoms with van der Waals surface area (Å²) in [7, 11) is 0. The molecule has 0 saturated carbocycles. The van der Waals surface area contributed by atoms with E-state index in [0.717, 1.165) is 12.0 Å². The highest BCUT2D eigenvalue weighted by molar-refractivity contribution is 5.88. The molecule has 1 heterocycles. The average Bonchev–Trinajstić information content (AvgIpc) is 2.92. The minimum absolute atomic E-state index is 0.0994. The van der Waals surface area contributed by atoms with Gasteiger partial charge in [-0.05, 0) is 31.0 Å². The fraction of sp³-hybridized carbons (Fsp3) is 0.294. The summed E-state index contributed by atoms with van der Waals surface area (Å²) in [5, 5.41) is 11.6. The summed E-state index contributed by atoms with van der Waals surface area (Å²) < 4.78 is 10.8. The Labute approximate surface area is 134 Å². The summed E-state index contributed by atoms with van der Waals surface area (Å²) in [6.45, 7) is 3.59. The summed E-state index contributed by atoms with van der Waals surface area (Å²) in [5.41, 5.74) is 1.13. The zero-order valence-electron chi connectivity index (χ0n) is 13.1. The van der Waals surface area contributed by atoms with Gasteiger partial charge in [-0.3, -0.25) is 4.79 Å². The van der Waals surface area contributed by atoms with E-state index in [0.29, 0.717) is 17.3 Å². The van der Waals surface area contributed by atoms with Gasteiger partial charge in [0.25, 0.3) is 5.91 Å². The lowest BCUT2D eigenvalue weighted by Gasteiger charge is -2.10. The molecule has 0 aliphatic carbocycles. The van der Waals surface area contributed by atoms with Gasteiger partial charge in [0.05, 0.1) is 6.54 Å². The highest BCUT2D eigenvalue weighted by Gasteiger charge is 2.14. The second-order valence-corrected chi connectivity index (χ2v) is 5.01. The van der Waals surface area contributed by atoms with Crippen molar-refractivity contribution in [1.82, 2.24) is 5.32 Å². The molecule has 6 nitrogen and oxygen atoms in total. The van der Waals surface area contributed by atoms with Gasteiger partial charge in [0.15, 0.2) is 6.61 Å². The summed E-state index contributed by atoms with van der Waals surface area (Å²) in [5.74, 6) is 0.0365. The van der Waals surface area contributed by atoms with E-state index in [-0.39, 0.29) is 24.6 Å². The van der Waals surface area contributed by atoms with Crippen LogP contribution in [-0.4, -0.2) is 23.6 Å². The number of aryl methyl sites for hydroxylation is 2. The fourth-order valence-corrected chi connectivity index (χ4v) is 2.16. The number of ether oxygens (including phenoxy) is 1. The van der Waals surface area contributed by atoms with Gasteiger partial charge in [0.2, 0.25) is 0 Å². The molecule has 0 saturated heterocycles. The minimum atomic E-state index is -1.05. The number of carbonyl (C=O) groups excluding carboxylic acids is 1. The fourth-order valence-electron chi connectivity index (χ4n) is 2.16. The first-order valence-electron chi connectivity index (χ1n) is 7.31. The Morgan fingerprint density at radius 1 is 1.30 bits per heavy atom. The predicted molar refractivity (Wildman–Crippen MR) is 83.6 cm³/mol. The number of carboxylic acid groups (broad SMARTS) is 1. The number of carboxylic acids is 1. The lowest BCUT2D eigenvalue weighted by molar-refractivity contribution is -0.123. The van der Waals surface area contributed by atoms with Crippen LogP contribution in [0.3, 0.4) is 0 Å². The van der Waals surface area contributed by atoms with Crippen LogP contribution in [0.15, 0.2) is 34.7 Å². The molecule has 6 heteroatoms. The van der Waals surface area contributed by atoms with Gasteiger partial charge in [-0.15, -0.1) is 0 Å². The maximum atomic E-state index is 11.8. The third-order valence-electron chi connectivity index (χ3n) is 3.37. The van der Waals surface area contributed by atoms with E-state index >= 15 is 0 Å². The normalized spacial score (nSPS) is 10.3. The van der Waals surface area contributed by atoms with Gasteiger partial charge in [0, 0.05) is 0 Å². The Hall–Kier alpha value is -2.76. The van der Waals surface area contributed by atoms with Crippen LogP contribution in [-0.2, 0) is 17.8 Å². The van der Waals surface area contributed by atoms with Crippen molar-refractivity contribution in [1.29, 1.82) is 0 Å². The molecule has 2 N–H and O–H groups in total. The standard InChI is InChI=1S/C17H19NO5/c1-3-12-6-4-5-7-15(12)22-10-16(19)18-9-13-8-14(17(20)21)11(2)23-13/h4-8H,3,9-10H2,1-2H3,(H,18,19)(H,20,21). The topological polar surface area (TPSA) is 88.8 Å². The van der Waals surface area contributed by atoms with Crippen LogP contribution in [0.2, 0.25) is 0 Å². The SMILES string of the molecule is CCc1ccccc1OCC(=O)NCc1cc(C(=O)O)c(C)o1. The molecule has 1 amide bonds. The van der Waals surface area contributed by atoms with E-state index in [1.165, 1.54) is 6.07 Å². The molecular weight excluding hydrogens is 298 g/mol. The number of aromatic carboxylic acids is 1. The molecule has 122 valence electrons. The third kappa shape index (κ3) is 4.35. The lowest BCUT2D eigenvalue weighted by Crippen LogP contribution is -2.28. The molecule has 2 rings (SSSR count). The van der Waals surface area contributed by atoms with Crippen LogP contribution in [0.5, 0.6) is 5.75 Å². The molecule has 2 aromatic rings. The summed E-state index contributed by atoms with van der Waals surface area (Å²) in [6.07, 6.45) is 0.821. The van der Waals surface area contributed by atoms with Gasteiger partial charge >= 0.3 is 5.97 Å². The quantitative estimate of drug-likeness (QED) is 0.819. The van der Waals surface area contributed by atoms with Crippen LogP contribution in [0, 0.1) is 6.92 Å². The highest BCUT2D eigenvalue weighted by Crippen LogP contribution is 2.18. The molecule has 0 aliphatic rings. The van der Waals surface area contributed by atoms with E-state index in [1.807, 2.05) is 31.2 Å². The first kappa shape index (κ1) is 16.6. The molecule has 0 aliphatic heterocycles. The van der Waals surface area contributed by atoms with Crippen molar-refractivity contribution in [2.24, 2.45) is 0 Å². The molecule has 0 unspecified atom stereocenters. The van der Waals surface area contributed by atoms with Crippen LogP contribution in [0.4, 0.5) is 0 Å². The van der Waals surface area contributed by atoms with Crippen molar-refractivity contribution in [3.63, 3.8) is 0 Å². The predicted octanol–water partition coefficient (Wildman–Crippen LogP) is 2.54. The zero-order valence-corrected chi connectivity index (χ0v) is 13.1. The van der Waals surface area contributed by atoms with E-state index in [9.17, 15) is 9.59 Å². The number of hydrogen-bond donors (Lipinski definition) is 2. The van der Waals surface area contributed by atoms with E-state index in [2.05, 4.69) is 5.32 Å². The first-order valence-corrected chi connectivity index (χ1v) is 7.31. The van der Waals surface area contributed by atoms with Crippen LogP contribution < -0.4 is 10.1 Å². The Morgan fingerprint density at radius 2 is 2.04 bits per heavy atom. The summed E-state index contributed by atoms with van der Waals surface area (Å²) in [6, 6.07) is 8.95. The monoisotopic (exact) mass is 317 g/mol. The number of hydrogen-bond acceptors (Lipinski definition) is 4. The maximum Gasteiger partial charge on any atom is 0.339 e. The molecule has 0 atom stereocenters. The first-order chi connectivity index (χ1) is 11.0. The Morgan fingerprint density at radius 3 is 2.70 bits per heavy atom. The number of benzene rings is 1. The third-order valence-corrected chi connectivity index (χ3v) is 3.37. The van der Waals surface area contributed by atoms with Crippen molar-refractivity contribution in [3.05, 3.63) is 53.0 Å². The van der Waals surface area contributed by atoms with Crippen molar-refractivity contribution in [2.75, 3.05) is 6.61 Å². The average molecular weight is 317 g/mol. The van der Waals surface area contributed by atoms with Gasteiger partial charge in [-0.25, -0.2) is 4.79 Å². The second-order valence-electron chi connectivity index (χ2n) is 5.01. The molecule has 0 fully saturated rings. The zero-order chi connectivity index (χ0) is 16.8. The summed E-state index contributed by atoms with van der Waals surface area (Å²) >= 11 is 0. The number of para-hydroxylation sites is 1.